The van der Waals surface area contributed by atoms with Gasteiger partial charge in [0.05, 0.1) is 0 Å². The van der Waals surface area contributed by atoms with Gasteiger partial charge in [0.1, 0.15) is 12.1 Å². The Morgan fingerprint density at radius 2 is 1.75 bits per heavy atom. The molecule has 1 N–H and O–H groups in total. The Morgan fingerprint density at radius 3 is 2.56 bits per heavy atom. The van der Waals surface area contributed by atoms with Crippen LogP contribution < -0.4 is 10.2 Å². The second-order valence-electron chi connectivity index (χ2n) is 8.80. The predicted molar refractivity (Wildman–Crippen MR) is 123 cm³/mol. The van der Waals surface area contributed by atoms with Gasteiger partial charge in [-0.25, -0.2) is 4.79 Å². The summed E-state index contributed by atoms with van der Waals surface area (Å²) in [7, 11) is 0. The minimum atomic E-state index is -1.21. The summed E-state index contributed by atoms with van der Waals surface area (Å²) in [5.74, 6) is -0.302. The number of imide groups is 1. The third kappa shape index (κ3) is 3.14. The van der Waals surface area contributed by atoms with Crippen LogP contribution in [0.3, 0.4) is 0 Å². The number of urea groups is 1. The first kappa shape index (κ1) is 20.2. The van der Waals surface area contributed by atoms with Crippen molar-refractivity contribution in [2.24, 2.45) is 0 Å². The molecule has 32 heavy (non-hydrogen) atoms. The average molecular weight is 428 g/mol. The number of nitrogens with zero attached hydrogens (tertiary/aromatic N) is 2. The molecule has 2 atom stereocenters. The van der Waals surface area contributed by atoms with Gasteiger partial charge in [-0.2, -0.15) is 0 Å². The molecule has 0 aromatic heterocycles. The second-order valence-corrected chi connectivity index (χ2v) is 8.80. The molecule has 0 saturated carbocycles. The molecule has 6 nitrogen and oxygen atoms in total. The number of fused-ring (bicyclic) bond motifs is 2. The lowest BCUT2D eigenvalue weighted by molar-refractivity contribution is -0.134. The van der Waals surface area contributed by atoms with Gasteiger partial charge >= 0.3 is 6.03 Å². The Morgan fingerprint density at radius 1 is 1.03 bits per heavy atom. The SMILES string of the molecule is CC1CCN(C(=O)CN2C(=O)NC(C)(c3ccc4ccccc4c3)C2=O)c2ccccc21. The molecule has 0 spiro atoms. The Labute approximate surface area is 186 Å². The molecule has 2 unspecified atom stereocenters. The van der Waals surface area contributed by atoms with Crippen LogP contribution in [0.15, 0.2) is 66.7 Å². The molecule has 2 aliphatic heterocycles. The highest BCUT2D eigenvalue weighted by Crippen LogP contribution is 2.35. The fraction of sp³-hybridized carbons (Fsp3) is 0.269. The standard InChI is InChI=1S/C26H25N3O3/c1-17-13-14-28(22-10-6-5-9-21(17)22)23(30)16-29-24(31)26(2,27-25(29)32)20-12-11-18-7-3-4-8-19(18)15-20/h3-12,15,17H,13-14,16H2,1-2H3,(H,27,32). The van der Waals surface area contributed by atoms with Gasteiger partial charge < -0.3 is 10.2 Å². The predicted octanol–water partition coefficient (Wildman–Crippen LogP) is 4.15. The van der Waals surface area contributed by atoms with Crippen LogP contribution in [0.2, 0.25) is 0 Å². The van der Waals surface area contributed by atoms with E-state index in [1.54, 1.807) is 11.8 Å². The van der Waals surface area contributed by atoms with E-state index in [-0.39, 0.29) is 12.5 Å². The van der Waals surface area contributed by atoms with Crippen LogP contribution in [0.5, 0.6) is 0 Å². The normalized spacial score (nSPS) is 22.8. The van der Waals surface area contributed by atoms with E-state index in [0.717, 1.165) is 33.3 Å². The highest BCUT2D eigenvalue weighted by molar-refractivity contribution is 6.11. The fourth-order valence-corrected chi connectivity index (χ4v) is 4.76. The molecule has 1 fully saturated rings. The van der Waals surface area contributed by atoms with Gasteiger partial charge in [-0.05, 0) is 53.3 Å². The number of amides is 4. The maximum absolute atomic E-state index is 13.4. The first-order valence-corrected chi connectivity index (χ1v) is 10.9. The van der Waals surface area contributed by atoms with E-state index < -0.39 is 17.5 Å². The lowest BCUT2D eigenvalue weighted by Gasteiger charge is -2.33. The highest BCUT2D eigenvalue weighted by atomic mass is 16.2. The van der Waals surface area contributed by atoms with Crippen LogP contribution in [0.25, 0.3) is 10.8 Å². The molecule has 3 aromatic rings. The van der Waals surface area contributed by atoms with Gasteiger partial charge in [-0.15, -0.1) is 0 Å². The third-order valence-electron chi connectivity index (χ3n) is 6.74. The van der Waals surface area contributed by atoms with Crippen molar-refractivity contribution < 1.29 is 14.4 Å². The molecule has 0 bridgehead atoms. The molecule has 2 aliphatic rings. The molecule has 0 aliphatic carbocycles. The van der Waals surface area contributed by atoms with Crippen LogP contribution in [0.4, 0.5) is 10.5 Å². The van der Waals surface area contributed by atoms with Gasteiger partial charge in [-0.1, -0.05) is 61.5 Å². The van der Waals surface area contributed by atoms with Crippen LogP contribution in [-0.2, 0) is 15.1 Å². The molecule has 1 saturated heterocycles. The number of anilines is 1. The van der Waals surface area contributed by atoms with Crippen molar-refractivity contribution >= 4 is 34.3 Å². The van der Waals surface area contributed by atoms with Crippen molar-refractivity contribution in [3.63, 3.8) is 0 Å². The first-order valence-electron chi connectivity index (χ1n) is 10.9. The molecule has 162 valence electrons. The maximum Gasteiger partial charge on any atom is 0.325 e. The Kier molecular flexibility index (Phi) is 4.73. The number of carbonyl (C=O) groups excluding carboxylic acids is 3. The van der Waals surface area contributed by atoms with Gasteiger partial charge in [-0.3, -0.25) is 14.5 Å². The number of hydrogen-bond donors (Lipinski definition) is 1. The molecule has 6 heteroatoms. The number of carbonyl (C=O) groups is 3. The van der Waals surface area contributed by atoms with E-state index >= 15 is 0 Å². The molecule has 0 radical (unpaired) electrons. The van der Waals surface area contributed by atoms with Gasteiger partial charge in [0.25, 0.3) is 5.91 Å². The van der Waals surface area contributed by atoms with Gasteiger partial charge in [0, 0.05) is 12.2 Å². The lowest BCUT2D eigenvalue weighted by Crippen LogP contribution is -2.46. The van der Waals surface area contributed by atoms with Crippen LogP contribution >= 0.6 is 0 Å². The Balaban J connectivity index is 1.41. The van der Waals surface area contributed by atoms with E-state index in [1.165, 1.54) is 0 Å². The van der Waals surface area contributed by atoms with Gasteiger partial charge in [0.15, 0.2) is 0 Å². The van der Waals surface area contributed by atoms with Crippen molar-refractivity contribution in [1.29, 1.82) is 0 Å². The molecular weight excluding hydrogens is 402 g/mol. The Hall–Kier alpha value is -3.67. The summed E-state index contributed by atoms with van der Waals surface area (Å²) in [4.78, 5) is 42.1. The molecule has 3 aromatic carbocycles. The molecule has 4 amide bonds. The summed E-state index contributed by atoms with van der Waals surface area (Å²) in [5, 5.41) is 4.86. The zero-order valence-electron chi connectivity index (χ0n) is 18.2. The summed E-state index contributed by atoms with van der Waals surface area (Å²) in [6, 6.07) is 20.9. The summed E-state index contributed by atoms with van der Waals surface area (Å²) >= 11 is 0. The fourth-order valence-electron chi connectivity index (χ4n) is 4.76. The van der Waals surface area contributed by atoms with E-state index in [4.69, 9.17) is 0 Å². The van der Waals surface area contributed by atoms with E-state index in [1.807, 2.05) is 66.7 Å². The number of benzene rings is 3. The lowest BCUT2D eigenvalue weighted by atomic mass is 9.90. The van der Waals surface area contributed by atoms with Gasteiger partial charge in [0.2, 0.25) is 5.91 Å². The van der Waals surface area contributed by atoms with Crippen molar-refractivity contribution in [2.45, 2.75) is 31.7 Å². The second kappa shape index (κ2) is 7.48. The summed E-state index contributed by atoms with van der Waals surface area (Å²) in [6.07, 6.45) is 0.845. The van der Waals surface area contributed by atoms with E-state index in [9.17, 15) is 14.4 Å². The largest absolute Gasteiger partial charge is 0.325 e. The monoisotopic (exact) mass is 427 g/mol. The van der Waals surface area contributed by atoms with Crippen molar-refractivity contribution in [3.8, 4) is 0 Å². The minimum Gasteiger partial charge on any atom is -0.319 e. The van der Waals surface area contributed by atoms with Crippen LogP contribution in [0, 0.1) is 0 Å². The summed E-state index contributed by atoms with van der Waals surface area (Å²) in [5.41, 5.74) is 1.46. The highest BCUT2D eigenvalue weighted by Gasteiger charge is 2.50. The topological polar surface area (TPSA) is 69.7 Å². The first-order chi connectivity index (χ1) is 15.4. The van der Waals surface area contributed by atoms with Crippen molar-refractivity contribution in [1.82, 2.24) is 10.2 Å². The third-order valence-corrected chi connectivity index (χ3v) is 6.74. The van der Waals surface area contributed by atoms with Crippen LogP contribution in [0.1, 0.15) is 37.3 Å². The number of nitrogens with one attached hydrogen (secondary N) is 1. The minimum absolute atomic E-state index is 0.254. The van der Waals surface area contributed by atoms with E-state index in [0.29, 0.717) is 18.0 Å². The van der Waals surface area contributed by atoms with E-state index in [2.05, 4.69) is 12.2 Å². The average Bonchev–Trinajstić information content (AvgIpc) is 3.03. The number of rotatable bonds is 3. The zero-order valence-corrected chi connectivity index (χ0v) is 18.2. The smallest absolute Gasteiger partial charge is 0.319 e. The Bertz CT molecular complexity index is 1250. The van der Waals surface area contributed by atoms with Crippen LogP contribution in [-0.4, -0.2) is 35.8 Å². The molecule has 2 heterocycles. The number of hydrogen-bond acceptors (Lipinski definition) is 3. The molecular formula is C26H25N3O3. The number of para-hydroxylation sites is 1. The summed E-state index contributed by atoms with van der Waals surface area (Å²) < 4.78 is 0. The maximum atomic E-state index is 13.4. The van der Waals surface area contributed by atoms with Crippen molar-refractivity contribution in [3.05, 3.63) is 77.9 Å². The molecule has 5 rings (SSSR count). The summed E-state index contributed by atoms with van der Waals surface area (Å²) in [6.45, 7) is 4.13. The quantitative estimate of drug-likeness (QED) is 0.639. The van der Waals surface area contributed by atoms with Crippen molar-refractivity contribution in [2.75, 3.05) is 18.0 Å². The zero-order chi connectivity index (χ0) is 22.5.